The first-order valence-corrected chi connectivity index (χ1v) is 9.71. The predicted octanol–water partition coefficient (Wildman–Crippen LogP) is 2.33. The van der Waals surface area contributed by atoms with E-state index in [1.807, 2.05) is 24.3 Å². The van der Waals surface area contributed by atoms with Gasteiger partial charge in [0.2, 0.25) is 0 Å². The van der Waals surface area contributed by atoms with Crippen LogP contribution in [0.2, 0.25) is 0 Å². The molecule has 8 nitrogen and oxygen atoms in total. The topological polar surface area (TPSA) is 116 Å². The smallest absolute Gasteiger partial charge is 0.329 e. The van der Waals surface area contributed by atoms with Gasteiger partial charge < -0.3 is 15.7 Å². The molecular weight excluding hydrogens is 396 g/mol. The van der Waals surface area contributed by atoms with Gasteiger partial charge in [0.05, 0.1) is 11.3 Å². The highest BCUT2D eigenvalue weighted by Gasteiger charge is 2.51. The fourth-order valence-corrected chi connectivity index (χ4v) is 4.77. The predicted molar refractivity (Wildman–Crippen MR) is 116 cm³/mol. The van der Waals surface area contributed by atoms with Crippen molar-refractivity contribution in [1.29, 1.82) is 0 Å². The summed E-state index contributed by atoms with van der Waals surface area (Å²) in [5.74, 6) is 0.00627. The molecule has 0 saturated carbocycles. The number of hydrogen-bond acceptors (Lipinski definition) is 6. The second-order valence-corrected chi connectivity index (χ2v) is 7.80. The number of nitrogens with zero attached hydrogens (tertiary/aromatic N) is 1. The zero-order valence-electron chi connectivity index (χ0n) is 16.3. The summed E-state index contributed by atoms with van der Waals surface area (Å²) in [6, 6.07) is 14.3. The van der Waals surface area contributed by atoms with Crippen LogP contribution in [0.3, 0.4) is 0 Å². The van der Waals surface area contributed by atoms with Gasteiger partial charge in [-0.25, -0.2) is 4.79 Å². The molecule has 0 saturated heterocycles. The van der Waals surface area contributed by atoms with Gasteiger partial charge in [0.15, 0.2) is 5.78 Å². The Morgan fingerprint density at radius 2 is 1.61 bits per heavy atom. The molecule has 0 radical (unpaired) electrons. The van der Waals surface area contributed by atoms with Crippen LogP contribution >= 0.6 is 0 Å². The summed E-state index contributed by atoms with van der Waals surface area (Å²) in [6.07, 6.45) is 1.57. The lowest BCUT2D eigenvalue weighted by atomic mass is 9.82. The van der Waals surface area contributed by atoms with Gasteiger partial charge in [-0.15, -0.1) is 0 Å². The van der Waals surface area contributed by atoms with E-state index in [0.717, 1.165) is 0 Å². The van der Waals surface area contributed by atoms with E-state index in [-0.39, 0.29) is 23.0 Å². The molecule has 0 amide bonds. The molecule has 4 N–H and O–H groups in total. The molecule has 2 aliphatic carbocycles. The monoisotopic (exact) mass is 412 g/mol. The number of hydrogen-bond donors (Lipinski definition) is 4. The maximum Gasteiger partial charge on any atom is 0.329 e. The van der Waals surface area contributed by atoms with Gasteiger partial charge in [-0.05, 0) is 11.6 Å². The second-order valence-electron chi connectivity index (χ2n) is 7.80. The lowest BCUT2D eigenvalue weighted by Crippen LogP contribution is -2.39. The number of benzene rings is 2. The number of carbonyl (C=O) groups is 1. The Bertz CT molecular complexity index is 1530. The van der Waals surface area contributed by atoms with Crippen molar-refractivity contribution in [3.63, 3.8) is 0 Å². The number of aromatic amines is 1. The van der Waals surface area contributed by atoms with Gasteiger partial charge in [0, 0.05) is 23.7 Å². The van der Waals surface area contributed by atoms with Crippen LogP contribution in [0.5, 0.6) is 0 Å². The molecule has 0 fully saturated rings. The van der Waals surface area contributed by atoms with Crippen molar-refractivity contribution in [3.05, 3.63) is 103 Å². The van der Waals surface area contributed by atoms with Crippen LogP contribution in [-0.2, 0) is 12.6 Å². The number of aliphatic hydroxyl groups excluding tert-OH is 1. The third-order valence-corrected chi connectivity index (χ3v) is 6.18. The molecule has 1 atom stereocenters. The third kappa shape index (κ3) is 2.05. The van der Waals surface area contributed by atoms with Crippen molar-refractivity contribution >= 4 is 28.7 Å². The Labute approximate surface area is 175 Å². The number of ketones is 1. The number of Topliss-reactive ketones (excluding diaryl/α,β-unsaturated/α-hetero) is 1. The number of fused-ring (bicyclic) bond motifs is 6. The van der Waals surface area contributed by atoms with Crippen molar-refractivity contribution in [2.45, 2.75) is 5.54 Å². The highest BCUT2D eigenvalue weighted by atomic mass is 16.3. The third-order valence-electron chi connectivity index (χ3n) is 6.18. The average Bonchev–Trinajstić information content (AvgIpc) is 3.14. The molecule has 2 heterocycles. The van der Waals surface area contributed by atoms with Crippen molar-refractivity contribution < 1.29 is 9.90 Å². The number of carbonyl (C=O) groups excluding carboxylic acids is 1. The summed E-state index contributed by atoms with van der Waals surface area (Å²) in [4.78, 5) is 41.0. The number of H-pyrrole nitrogens is 1. The van der Waals surface area contributed by atoms with E-state index in [9.17, 15) is 19.5 Å². The molecule has 3 aliphatic rings. The van der Waals surface area contributed by atoms with E-state index in [0.29, 0.717) is 33.5 Å². The molecule has 2 aromatic carbocycles. The first kappa shape index (κ1) is 17.5. The van der Waals surface area contributed by atoms with Crippen LogP contribution < -0.4 is 21.9 Å². The Morgan fingerprint density at radius 3 is 2.39 bits per heavy atom. The first-order valence-electron chi connectivity index (χ1n) is 9.71. The molecule has 1 aromatic heterocycles. The number of nitrogens with one attached hydrogen (secondary N) is 3. The largest absolute Gasteiger partial charge is 0.508 e. The van der Waals surface area contributed by atoms with Gasteiger partial charge in [-0.1, -0.05) is 48.5 Å². The van der Waals surface area contributed by atoms with Crippen LogP contribution in [0.1, 0.15) is 27.0 Å². The van der Waals surface area contributed by atoms with Crippen LogP contribution in [0.4, 0.5) is 11.5 Å². The van der Waals surface area contributed by atoms with Gasteiger partial charge >= 0.3 is 5.69 Å². The van der Waals surface area contributed by atoms with E-state index in [2.05, 4.69) is 15.6 Å². The van der Waals surface area contributed by atoms with Gasteiger partial charge in [0.25, 0.3) is 5.56 Å². The normalized spacial score (nSPS) is 20.3. The summed E-state index contributed by atoms with van der Waals surface area (Å²) in [7, 11) is 1.52. The Hall–Kier alpha value is -4.33. The molecule has 8 heteroatoms. The fourth-order valence-electron chi connectivity index (χ4n) is 4.77. The van der Waals surface area contributed by atoms with Gasteiger partial charge in [-0.3, -0.25) is 19.1 Å². The van der Waals surface area contributed by atoms with Crippen molar-refractivity contribution in [2.75, 3.05) is 10.6 Å². The highest BCUT2D eigenvalue weighted by Crippen LogP contribution is 2.52. The molecule has 1 unspecified atom stereocenters. The Balaban J connectivity index is 1.77. The van der Waals surface area contributed by atoms with E-state index in [4.69, 9.17) is 0 Å². The average molecular weight is 412 g/mol. The lowest BCUT2D eigenvalue weighted by Gasteiger charge is -2.31. The van der Waals surface area contributed by atoms with Crippen molar-refractivity contribution in [2.24, 2.45) is 7.05 Å². The Kier molecular flexibility index (Phi) is 3.18. The van der Waals surface area contributed by atoms with E-state index >= 15 is 0 Å². The standard InChI is InChI=1S/C23H16N4O4/c1-27-20-18(21(30)25-22(27)31)24-17-11-6-2-3-7-12(11)19(29)16(17)23(26-20)10-15(28)13-8-4-5-9-14(13)23/h2-10,24,26,28H,1H3,(H,25,30,31). The molecule has 1 aliphatic heterocycles. The maximum atomic E-state index is 13.6. The van der Waals surface area contributed by atoms with Crippen LogP contribution in [0, 0.1) is 0 Å². The highest BCUT2D eigenvalue weighted by molar-refractivity contribution is 6.24. The summed E-state index contributed by atoms with van der Waals surface area (Å²) in [5, 5.41) is 17.2. The van der Waals surface area contributed by atoms with Gasteiger partial charge in [0.1, 0.15) is 22.8 Å². The number of aliphatic hydroxyl groups is 1. The maximum absolute atomic E-state index is 13.6. The summed E-state index contributed by atoms with van der Waals surface area (Å²) in [5.41, 5.74) is 0.852. The molecule has 31 heavy (non-hydrogen) atoms. The zero-order valence-corrected chi connectivity index (χ0v) is 16.3. The summed E-state index contributed by atoms with van der Waals surface area (Å²) >= 11 is 0. The molecule has 152 valence electrons. The minimum Gasteiger partial charge on any atom is -0.508 e. The minimum atomic E-state index is -1.28. The van der Waals surface area contributed by atoms with Crippen LogP contribution in [-0.4, -0.2) is 20.4 Å². The van der Waals surface area contributed by atoms with Crippen LogP contribution in [0.15, 0.2) is 69.8 Å². The van der Waals surface area contributed by atoms with Crippen molar-refractivity contribution in [1.82, 2.24) is 9.55 Å². The first-order chi connectivity index (χ1) is 14.9. The van der Waals surface area contributed by atoms with Crippen molar-refractivity contribution in [3.8, 4) is 0 Å². The summed E-state index contributed by atoms with van der Waals surface area (Å²) < 4.78 is 1.27. The molecule has 1 spiro atoms. The molecule has 6 rings (SSSR count). The number of rotatable bonds is 0. The lowest BCUT2D eigenvalue weighted by molar-refractivity contribution is 0.102. The quantitative estimate of drug-likeness (QED) is 0.450. The molecule has 0 bridgehead atoms. The van der Waals surface area contributed by atoms with E-state index in [1.54, 1.807) is 30.3 Å². The number of aromatic nitrogens is 2. The van der Waals surface area contributed by atoms with Crippen LogP contribution in [0.25, 0.3) is 11.5 Å². The van der Waals surface area contributed by atoms with E-state index in [1.165, 1.54) is 11.6 Å². The molecule has 3 aromatic rings. The number of anilines is 2. The minimum absolute atomic E-state index is 0.0111. The van der Waals surface area contributed by atoms with Gasteiger partial charge in [-0.2, -0.15) is 0 Å². The Morgan fingerprint density at radius 1 is 0.935 bits per heavy atom. The molecular formula is C23H16N4O4. The zero-order chi connectivity index (χ0) is 21.5. The fraction of sp³-hybridized carbons (Fsp3) is 0.0870. The summed E-state index contributed by atoms with van der Waals surface area (Å²) in [6.45, 7) is 0. The van der Waals surface area contributed by atoms with E-state index < -0.39 is 16.8 Å². The SMILES string of the molecule is Cn1c2c(c(=O)[nH]c1=O)NC1=C(C(=O)c3ccccc31)C1(C=C(O)c3ccccc31)N2. The second kappa shape index (κ2) is 5.63.